The number of hydrogen-bond donors (Lipinski definition) is 0. The topological polar surface area (TPSA) is 45.4 Å². The highest BCUT2D eigenvalue weighted by atomic mass is 32.1. The molecule has 0 fully saturated rings. The van der Waals surface area contributed by atoms with Gasteiger partial charge in [0.05, 0.1) is 45.2 Å². The van der Waals surface area contributed by atoms with Crippen LogP contribution in [0.4, 0.5) is 34.1 Å². The molecule has 0 N–H and O–H groups in total. The van der Waals surface area contributed by atoms with Crippen molar-refractivity contribution >= 4 is 116 Å². The van der Waals surface area contributed by atoms with Crippen molar-refractivity contribution in [3.05, 3.63) is 230 Å². The molecule has 7 heteroatoms. The summed E-state index contributed by atoms with van der Waals surface area (Å²) in [5.41, 5.74) is 13.0. The highest BCUT2D eigenvalue weighted by Crippen LogP contribution is 2.53. The fourth-order valence-corrected chi connectivity index (χ4v) is 18.0. The van der Waals surface area contributed by atoms with Crippen molar-refractivity contribution in [1.82, 2.24) is 9.97 Å². The maximum absolute atomic E-state index is 7.50. The Morgan fingerprint density at radius 2 is 0.945 bits per heavy atom. The van der Waals surface area contributed by atoms with E-state index in [-0.39, 0.29) is 10.8 Å². The summed E-state index contributed by atoms with van der Waals surface area (Å²) in [4.78, 5) is 14.4. The minimum absolute atomic E-state index is 0.00432. The van der Waals surface area contributed by atoms with Gasteiger partial charge in [0.15, 0.2) is 8.07 Å². The van der Waals surface area contributed by atoms with Crippen molar-refractivity contribution < 1.29 is 4.42 Å². The Bertz CT molecular complexity index is 3990. The second-order valence-electron chi connectivity index (χ2n) is 21.4. The average Bonchev–Trinajstić information content (AvgIpc) is 4.10. The Balaban J connectivity index is 1.23. The summed E-state index contributed by atoms with van der Waals surface area (Å²) in [6.07, 6.45) is 7.72. The highest BCUT2D eigenvalue weighted by molar-refractivity contribution is 7.27. The van der Waals surface area contributed by atoms with Gasteiger partial charge in [0.1, 0.15) is 11.2 Å². The van der Waals surface area contributed by atoms with Crippen LogP contribution in [0.15, 0.2) is 223 Å². The smallest absolute Gasteiger partial charge is 0.181 e. The van der Waals surface area contributed by atoms with Crippen molar-refractivity contribution in [2.75, 3.05) is 9.80 Å². The summed E-state index contributed by atoms with van der Waals surface area (Å²) in [6, 6.07) is 72.2. The molecule has 5 heterocycles. The largest absolute Gasteiger partial charge is 0.455 e. The number of fused-ring (bicyclic) bond motifs is 11. The van der Waals surface area contributed by atoms with Gasteiger partial charge in [0, 0.05) is 50.2 Å². The maximum atomic E-state index is 7.50. The summed E-state index contributed by atoms with van der Waals surface area (Å²) in [5, 5.41) is 9.84. The molecule has 0 unspecified atom stereocenters. The first kappa shape index (κ1) is 44.8. The number of hydrogen-bond acceptors (Lipinski definition) is 6. The molecule has 73 heavy (non-hydrogen) atoms. The lowest BCUT2D eigenvalue weighted by Crippen LogP contribution is -2.72. The molecule has 5 nitrogen and oxygen atoms in total. The summed E-state index contributed by atoms with van der Waals surface area (Å²) in [5.74, 6) is 0. The van der Waals surface area contributed by atoms with E-state index >= 15 is 0 Å². The lowest BCUT2D eigenvalue weighted by atomic mass is 9.87. The Labute approximate surface area is 431 Å². The van der Waals surface area contributed by atoms with E-state index in [9.17, 15) is 0 Å². The molecule has 12 aromatic rings. The molecule has 13 rings (SSSR count). The van der Waals surface area contributed by atoms with Gasteiger partial charge < -0.3 is 14.2 Å². The van der Waals surface area contributed by atoms with E-state index in [0.29, 0.717) is 0 Å². The number of thiophene rings is 1. The number of para-hydroxylation sites is 1. The van der Waals surface area contributed by atoms with E-state index in [1.165, 1.54) is 63.2 Å². The third-order valence-corrected chi connectivity index (χ3v) is 21.0. The van der Waals surface area contributed by atoms with Crippen LogP contribution >= 0.6 is 11.3 Å². The molecular weight excluding hydrogens is 925 g/mol. The molecule has 0 amide bonds. The molecular formula is C66H54N4OSSi. The van der Waals surface area contributed by atoms with E-state index < -0.39 is 8.07 Å². The number of aromatic nitrogens is 2. The zero-order chi connectivity index (χ0) is 49.6. The number of nitrogens with zero attached hydrogens (tertiary/aromatic N) is 4. The second-order valence-corrected chi connectivity index (χ2v) is 26.2. The van der Waals surface area contributed by atoms with Crippen LogP contribution in [0.5, 0.6) is 0 Å². The van der Waals surface area contributed by atoms with Gasteiger partial charge in [-0.05, 0) is 121 Å². The van der Waals surface area contributed by atoms with Crippen molar-refractivity contribution in [3.8, 4) is 11.1 Å². The number of anilines is 6. The molecule has 354 valence electrons. The molecule has 1 aliphatic rings. The Morgan fingerprint density at radius 1 is 0.452 bits per heavy atom. The van der Waals surface area contributed by atoms with E-state index in [4.69, 9.17) is 14.4 Å². The third kappa shape index (κ3) is 7.08. The lowest BCUT2D eigenvalue weighted by molar-refractivity contribution is 0.590. The summed E-state index contributed by atoms with van der Waals surface area (Å²) in [7, 11) is -3.34. The molecule has 0 bridgehead atoms. The third-order valence-electron chi connectivity index (χ3n) is 15.0. The van der Waals surface area contributed by atoms with E-state index in [1.54, 1.807) is 0 Å². The van der Waals surface area contributed by atoms with Crippen LogP contribution in [-0.2, 0) is 10.8 Å². The van der Waals surface area contributed by atoms with E-state index in [1.807, 2.05) is 42.2 Å². The van der Waals surface area contributed by atoms with E-state index in [2.05, 4.69) is 239 Å². The van der Waals surface area contributed by atoms with Crippen LogP contribution in [-0.4, -0.2) is 18.0 Å². The molecule has 0 saturated carbocycles. The maximum Gasteiger partial charge on any atom is 0.181 e. The summed E-state index contributed by atoms with van der Waals surface area (Å²) in [6.45, 7) is 13.7. The van der Waals surface area contributed by atoms with Crippen molar-refractivity contribution in [2.45, 2.75) is 52.4 Å². The standard InChI is InChI=1S/C66H54N4OSSi/c1-65(2,3)43-29-33-45(34-30-43)69(47-19-17-37-67-41-47)53-39-58-62(63-59(53)51-25-13-15-27-55(51)71-63)61-57(73(58,49-21-9-7-10-22-49)50-23-11-8-12-24-50)40-54(64-60(61)52-26-14-16-28-56(52)72-64)70(48-20-18-38-68-42-48)46-35-31-44(32-36-46)66(4,5)6/h7-42H,1-6H3. The van der Waals surface area contributed by atoms with Gasteiger partial charge in [-0.25, -0.2) is 0 Å². The highest BCUT2D eigenvalue weighted by Gasteiger charge is 2.52. The SMILES string of the molecule is CC(C)(C)c1ccc(N(c2cccnc2)c2cc3c(c4c2sc2ccccc24)-c2c(cc(N(c4ccc(C(C)(C)C)cc4)c4cccnc4)c4c2oc2ccccc24)[Si]3(c2ccccc2)c2ccccc2)cc1. The monoisotopic (exact) mass is 978 g/mol. The second kappa shape index (κ2) is 17.0. The fraction of sp³-hybridized carbons (Fsp3) is 0.121. The van der Waals surface area contributed by atoms with Crippen LogP contribution in [0.25, 0.3) is 53.2 Å². The number of pyridine rings is 2. The zero-order valence-corrected chi connectivity index (χ0v) is 43.7. The zero-order valence-electron chi connectivity index (χ0n) is 41.9. The first-order valence-corrected chi connectivity index (χ1v) is 28.0. The minimum Gasteiger partial charge on any atom is -0.455 e. The van der Waals surface area contributed by atoms with Crippen molar-refractivity contribution in [2.24, 2.45) is 0 Å². The first-order chi connectivity index (χ1) is 35.5. The van der Waals surface area contributed by atoms with Gasteiger partial charge in [-0.3, -0.25) is 9.97 Å². The van der Waals surface area contributed by atoms with Gasteiger partial charge in [0.25, 0.3) is 0 Å². The molecule has 4 aromatic heterocycles. The minimum atomic E-state index is -3.34. The van der Waals surface area contributed by atoms with Gasteiger partial charge in [0.2, 0.25) is 0 Å². The number of rotatable bonds is 8. The summed E-state index contributed by atoms with van der Waals surface area (Å²) >= 11 is 1.87. The van der Waals surface area contributed by atoms with Gasteiger partial charge in [-0.1, -0.05) is 163 Å². The Morgan fingerprint density at radius 3 is 1.49 bits per heavy atom. The van der Waals surface area contributed by atoms with Crippen LogP contribution in [0.3, 0.4) is 0 Å². The molecule has 0 aliphatic carbocycles. The fourth-order valence-electron chi connectivity index (χ4n) is 11.6. The quantitative estimate of drug-likeness (QED) is 0.142. The number of furan rings is 1. The van der Waals surface area contributed by atoms with Crippen LogP contribution in [0, 0.1) is 0 Å². The Hall–Kier alpha value is -8.10. The Kier molecular flexibility index (Phi) is 10.4. The predicted octanol–water partition coefficient (Wildman–Crippen LogP) is 15.6. The predicted molar refractivity (Wildman–Crippen MR) is 312 cm³/mol. The van der Waals surface area contributed by atoms with E-state index in [0.717, 1.165) is 56.1 Å². The van der Waals surface area contributed by atoms with Crippen LogP contribution < -0.4 is 30.5 Å². The molecule has 0 radical (unpaired) electrons. The normalized spacial score (nSPS) is 13.2. The van der Waals surface area contributed by atoms with Crippen molar-refractivity contribution in [3.63, 3.8) is 0 Å². The molecule has 0 atom stereocenters. The summed E-state index contributed by atoms with van der Waals surface area (Å²) < 4.78 is 9.95. The molecule has 0 spiro atoms. The van der Waals surface area contributed by atoms with Crippen LogP contribution in [0.1, 0.15) is 52.7 Å². The first-order valence-electron chi connectivity index (χ1n) is 25.2. The molecule has 1 aliphatic heterocycles. The van der Waals surface area contributed by atoms with Gasteiger partial charge in [-0.15, -0.1) is 11.3 Å². The van der Waals surface area contributed by atoms with Crippen LogP contribution in [0.2, 0.25) is 0 Å². The average molecular weight is 979 g/mol. The van der Waals surface area contributed by atoms with Crippen molar-refractivity contribution in [1.29, 1.82) is 0 Å². The molecule has 8 aromatic carbocycles. The molecule has 0 saturated heterocycles. The van der Waals surface area contributed by atoms with Gasteiger partial charge >= 0.3 is 0 Å². The lowest BCUT2D eigenvalue weighted by Gasteiger charge is -2.34. The van der Waals surface area contributed by atoms with Gasteiger partial charge in [-0.2, -0.15) is 0 Å². The number of benzene rings is 8.